The molecule has 0 bridgehead atoms. The quantitative estimate of drug-likeness (QED) is 0.718. The van der Waals surface area contributed by atoms with E-state index in [1.165, 1.54) is 39.3 Å². The molecule has 1 aromatic carbocycles. The number of aryl methyl sites for hydroxylation is 1. The second kappa shape index (κ2) is 7.55. The van der Waals surface area contributed by atoms with Crippen molar-refractivity contribution in [3.63, 3.8) is 0 Å². The first-order valence-corrected chi connectivity index (χ1v) is 7.87. The smallest absolute Gasteiger partial charge is 0.0331 e. The van der Waals surface area contributed by atoms with E-state index in [9.17, 15) is 0 Å². The molecule has 0 radical (unpaired) electrons. The van der Waals surface area contributed by atoms with E-state index in [4.69, 9.17) is 0 Å². The third-order valence-corrected chi connectivity index (χ3v) is 4.41. The molecule has 3 heteroatoms. The number of hydrogen-bond donors (Lipinski definition) is 1. The Kier molecular flexibility index (Phi) is 6.75. The lowest BCUT2D eigenvalue weighted by Gasteiger charge is -2.20. The van der Waals surface area contributed by atoms with Crippen molar-refractivity contribution in [1.29, 1.82) is 0 Å². The molecule has 1 unspecified atom stereocenters. The van der Waals surface area contributed by atoms with Crippen LogP contribution in [0.3, 0.4) is 0 Å². The highest BCUT2D eigenvalue weighted by atomic mass is 79.9. The van der Waals surface area contributed by atoms with E-state index in [1.54, 1.807) is 0 Å². The molecule has 0 fully saturated rings. The molecule has 0 saturated heterocycles. The number of nitrogens with one attached hydrogen (secondary N) is 1. The standard InChI is InChI=1S/C14H21Br2N/c1-4-6-14(17-7-5-2)11-9-12(15)10(3)8-13(11)16/h8-9,14,17H,4-7H2,1-3H3. The van der Waals surface area contributed by atoms with Crippen molar-refractivity contribution in [1.82, 2.24) is 5.32 Å². The first-order valence-electron chi connectivity index (χ1n) is 6.29. The first-order chi connectivity index (χ1) is 8.10. The fraction of sp³-hybridized carbons (Fsp3) is 0.571. The Morgan fingerprint density at radius 3 is 2.41 bits per heavy atom. The molecule has 0 saturated carbocycles. The predicted octanol–water partition coefficient (Wildman–Crippen LogP) is 5.36. The van der Waals surface area contributed by atoms with Gasteiger partial charge in [0.15, 0.2) is 0 Å². The van der Waals surface area contributed by atoms with E-state index >= 15 is 0 Å². The number of hydrogen-bond acceptors (Lipinski definition) is 1. The largest absolute Gasteiger partial charge is 0.310 e. The van der Waals surface area contributed by atoms with Crippen LogP contribution in [0.1, 0.15) is 50.3 Å². The van der Waals surface area contributed by atoms with Crippen molar-refractivity contribution < 1.29 is 0 Å². The summed E-state index contributed by atoms with van der Waals surface area (Å²) in [4.78, 5) is 0. The van der Waals surface area contributed by atoms with Crippen LogP contribution in [0.25, 0.3) is 0 Å². The molecule has 1 nitrogen and oxygen atoms in total. The van der Waals surface area contributed by atoms with Gasteiger partial charge in [0, 0.05) is 15.0 Å². The second-order valence-corrected chi connectivity index (χ2v) is 6.13. The summed E-state index contributed by atoms with van der Waals surface area (Å²) in [6.07, 6.45) is 3.54. The summed E-state index contributed by atoms with van der Waals surface area (Å²) in [5.74, 6) is 0. The first kappa shape index (κ1) is 15.2. The third kappa shape index (κ3) is 4.38. The van der Waals surface area contributed by atoms with E-state index in [0.717, 1.165) is 6.54 Å². The molecule has 1 N–H and O–H groups in total. The maximum atomic E-state index is 3.68. The van der Waals surface area contributed by atoms with Gasteiger partial charge in [-0.1, -0.05) is 52.1 Å². The van der Waals surface area contributed by atoms with Gasteiger partial charge in [-0.3, -0.25) is 0 Å². The molecular weight excluding hydrogens is 342 g/mol. The molecule has 0 spiro atoms. The molecule has 0 aliphatic rings. The van der Waals surface area contributed by atoms with E-state index in [-0.39, 0.29) is 0 Å². The summed E-state index contributed by atoms with van der Waals surface area (Å²) >= 11 is 7.30. The fourth-order valence-electron chi connectivity index (χ4n) is 1.90. The molecule has 0 amide bonds. The van der Waals surface area contributed by atoms with Crippen LogP contribution >= 0.6 is 31.9 Å². The monoisotopic (exact) mass is 361 g/mol. The van der Waals surface area contributed by atoms with E-state index in [0.29, 0.717) is 6.04 Å². The van der Waals surface area contributed by atoms with Gasteiger partial charge >= 0.3 is 0 Å². The fourth-order valence-corrected chi connectivity index (χ4v) is 3.00. The highest BCUT2D eigenvalue weighted by Gasteiger charge is 2.14. The average Bonchev–Trinajstić information content (AvgIpc) is 2.29. The van der Waals surface area contributed by atoms with Crippen LogP contribution in [0.15, 0.2) is 21.1 Å². The van der Waals surface area contributed by atoms with Crippen molar-refractivity contribution >= 4 is 31.9 Å². The molecule has 1 aromatic rings. The van der Waals surface area contributed by atoms with Crippen molar-refractivity contribution in [2.24, 2.45) is 0 Å². The van der Waals surface area contributed by atoms with Gasteiger partial charge in [-0.2, -0.15) is 0 Å². The zero-order valence-electron chi connectivity index (χ0n) is 10.8. The van der Waals surface area contributed by atoms with E-state index < -0.39 is 0 Å². The second-order valence-electron chi connectivity index (χ2n) is 4.42. The Balaban J connectivity index is 2.96. The number of benzene rings is 1. The summed E-state index contributed by atoms with van der Waals surface area (Å²) in [7, 11) is 0. The molecule has 0 aliphatic heterocycles. The Labute approximate surface area is 122 Å². The Hall–Kier alpha value is 0.140. The molecule has 96 valence electrons. The summed E-state index contributed by atoms with van der Waals surface area (Å²) in [5, 5.41) is 3.62. The van der Waals surface area contributed by atoms with Crippen LogP contribution in [0.5, 0.6) is 0 Å². The average molecular weight is 363 g/mol. The zero-order valence-corrected chi connectivity index (χ0v) is 14.0. The molecule has 1 rings (SSSR count). The minimum Gasteiger partial charge on any atom is -0.310 e. The van der Waals surface area contributed by atoms with Gasteiger partial charge in [0.05, 0.1) is 0 Å². The van der Waals surface area contributed by atoms with Crippen molar-refractivity contribution in [3.05, 3.63) is 32.2 Å². The molecule has 1 atom stereocenters. The van der Waals surface area contributed by atoms with E-state index in [1.807, 2.05) is 0 Å². The molecule has 0 aliphatic carbocycles. The van der Waals surface area contributed by atoms with Gasteiger partial charge in [0.1, 0.15) is 0 Å². The highest BCUT2D eigenvalue weighted by Crippen LogP contribution is 2.31. The van der Waals surface area contributed by atoms with Crippen molar-refractivity contribution in [3.8, 4) is 0 Å². The van der Waals surface area contributed by atoms with Crippen LogP contribution in [0.2, 0.25) is 0 Å². The summed E-state index contributed by atoms with van der Waals surface area (Å²) in [5.41, 5.74) is 2.63. The van der Waals surface area contributed by atoms with Crippen LogP contribution in [-0.2, 0) is 0 Å². The Morgan fingerprint density at radius 2 is 1.82 bits per heavy atom. The number of rotatable bonds is 6. The normalized spacial score (nSPS) is 12.8. The van der Waals surface area contributed by atoms with Gasteiger partial charge in [0.2, 0.25) is 0 Å². The van der Waals surface area contributed by atoms with Crippen LogP contribution in [0, 0.1) is 6.92 Å². The molecular formula is C14H21Br2N. The van der Waals surface area contributed by atoms with E-state index in [2.05, 4.69) is 70.1 Å². The summed E-state index contributed by atoms with van der Waals surface area (Å²) < 4.78 is 2.40. The lowest BCUT2D eigenvalue weighted by atomic mass is 10.0. The molecule has 0 aromatic heterocycles. The lowest BCUT2D eigenvalue weighted by Crippen LogP contribution is -2.22. The van der Waals surface area contributed by atoms with Crippen molar-refractivity contribution in [2.75, 3.05) is 6.54 Å². The van der Waals surface area contributed by atoms with Gasteiger partial charge in [-0.05, 0) is 49.6 Å². The van der Waals surface area contributed by atoms with Crippen LogP contribution in [0.4, 0.5) is 0 Å². The zero-order chi connectivity index (χ0) is 12.8. The minimum absolute atomic E-state index is 0.450. The van der Waals surface area contributed by atoms with Gasteiger partial charge in [-0.25, -0.2) is 0 Å². The van der Waals surface area contributed by atoms with Crippen LogP contribution in [-0.4, -0.2) is 6.54 Å². The third-order valence-electron chi connectivity index (χ3n) is 2.87. The highest BCUT2D eigenvalue weighted by molar-refractivity contribution is 9.11. The van der Waals surface area contributed by atoms with Crippen LogP contribution < -0.4 is 5.32 Å². The summed E-state index contributed by atoms with van der Waals surface area (Å²) in [6, 6.07) is 4.88. The van der Waals surface area contributed by atoms with Gasteiger partial charge in [-0.15, -0.1) is 0 Å². The summed E-state index contributed by atoms with van der Waals surface area (Å²) in [6.45, 7) is 7.63. The minimum atomic E-state index is 0.450. The maximum Gasteiger partial charge on any atom is 0.0331 e. The van der Waals surface area contributed by atoms with Gasteiger partial charge in [0.25, 0.3) is 0 Å². The topological polar surface area (TPSA) is 12.0 Å². The molecule has 0 heterocycles. The Bertz CT molecular complexity index is 363. The SMILES string of the molecule is CCCNC(CCC)c1cc(Br)c(C)cc1Br. The maximum absolute atomic E-state index is 3.68. The number of halogens is 2. The molecule has 17 heavy (non-hydrogen) atoms. The van der Waals surface area contributed by atoms with Crippen molar-refractivity contribution in [2.45, 2.75) is 46.1 Å². The van der Waals surface area contributed by atoms with Gasteiger partial charge < -0.3 is 5.32 Å². The Morgan fingerprint density at radius 1 is 1.12 bits per heavy atom. The lowest BCUT2D eigenvalue weighted by molar-refractivity contribution is 0.492. The predicted molar refractivity (Wildman–Crippen MR) is 82.5 cm³/mol.